The summed E-state index contributed by atoms with van der Waals surface area (Å²) in [5.41, 5.74) is 15.0. The molecule has 0 amide bonds. The lowest BCUT2D eigenvalue weighted by Crippen LogP contribution is -2.46. The van der Waals surface area contributed by atoms with Gasteiger partial charge in [0.15, 0.2) is 0 Å². The van der Waals surface area contributed by atoms with E-state index < -0.39 is 12.3 Å². The van der Waals surface area contributed by atoms with E-state index in [1.165, 1.54) is 0 Å². The number of nitrogens with two attached hydrogens (primary N) is 3. The molecule has 44 valence electrons. The smallest absolute Gasteiger partial charge is 0.118 e. The van der Waals surface area contributed by atoms with Crippen LogP contribution in [0.2, 0.25) is 0 Å². The molecule has 7 N–H and O–H groups in total. The fraction of sp³-hybridized carbons (Fsp3) is 1.00. The molecule has 0 aliphatic carbocycles. The normalized spacial score (nSPS) is 18.9. The Morgan fingerprint density at radius 2 is 1.86 bits per heavy atom. The Morgan fingerprint density at radius 1 is 1.43 bits per heavy atom. The van der Waals surface area contributed by atoms with Gasteiger partial charge in [0, 0.05) is 6.54 Å². The summed E-state index contributed by atoms with van der Waals surface area (Å²) in [6, 6.07) is -0.486. The molecule has 2 unspecified atom stereocenters. The summed E-state index contributed by atoms with van der Waals surface area (Å²) in [6.07, 6.45) is -0.981. The molecule has 0 saturated carbocycles. The molecule has 0 spiro atoms. The van der Waals surface area contributed by atoms with Crippen LogP contribution in [-0.2, 0) is 0 Å². The van der Waals surface area contributed by atoms with E-state index in [1.54, 1.807) is 0 Å². The van der Waals surface area contributed by atoms with Crippen LogP contribution in [0.15, 0.2) is 0 Å². The molecule has 0 radical (unpaired) electrons. The Hall–Kier alpha value is -0.160. The fourth-order valence-corrected chi connectivity index (χ4v) is 0.139. The van der Waals surface area contributed by atoms with Crippen molar-refractivity contribution in [1.82, 2.24) is 0 Å². The molecular formula is C3H11N3O. The molecule has 0 aliphatic rings. The van der Waals surface area contributed by atoms with Crippen LogP contribution in [0.1, 0.15) is 0 Å². The molecule has 0 aliphatic heterocycles. The van der Waals surface area contributed by atoms with E-state index in [2.05, 4.69) is 0 Å². The van der Waals surface area contributed by atoms with Crippen LogP contribution in [0.25, 0.3) is 0 Å². The van der Waals surface area contributed by atoms with Crippen molar-refractivity contribution in [3.63, 3.8) is 0 Å². The molecule has 0 rings (SSSR count). The lowest BCUT2D eigenvalue weighted by atomic mass is 10.3. The third-order valence-electron chi connectivity index (χ3n) is 0.711. The Morgan fingerprint density at radius 3 is 1.86 bits per heavy atom. The van der Waals surface area contributed by atoms with Gasteiger partial charge in [0.25, 0.3) is 0 Å². The zero-order valence-corrected chi connectivity index (χ0v) is 4.04. The molecule has 2 atom stereocenters. The second kappa shape index (κ2) is 2.92. The molecule has 0 aromatic heterocycles. The van der Waals surface area contributed by atoms with Crippen molar-refractivity contribution in [1.29, 1.82) is 0 Å². The van der Waals surface area contributed by atoms with E-state index >= 15 is 0 Å². The quantitative estimate of drug-likeness (QED) is 0.293. The van der Waals surface area contributed by atoms with Crippen LogP contribution >= 0.6 is 0 Å². The molecule has 7 heavy (non-hydrogen) atoms. The van der Waals surface area contributed by atoms with Crippen LogP contribution in [0.4, 0.5) is 0 Å². The minimum Gasteiger partial charge on any atom is -0.377 e. The van der Waals surface area contributed by atoms with Crippen molar-refractivity contribution in [2.24, 2.45) is 17.2 Å². The maximum atomic E-state index is 8.39. The third kappa shape index (κ3) is 2.52. The Kier molecular flexibility index (Phi) is 2.86. The predicted molar refractivity (Wildman–Crippen MR) is 27.2 cm³/mol. The molecule has 0 bridgehead atoms. The molecule has 0 heterocycles. The summed E-state index contributed by atoms with van der Waals surface area (Å²) in [5, 5.41) is 8.39. The summed E-state index contributed by atoms with van der Waals surface area (Å²) < 4.78 is 0. The van der Waals surface area contributed by atoms with Crippen molar-refractivity contribution in [2.75, 3.05) is 6.54 Å². The zero-order valence-electron chi connectivity index (χ0n) is 4.04. The first kappa shape index (κ1) is 6.84. The Labute approximate surface area is 42.3 Å². The molecule has 0 aromatic carbocycles. The van der Waals surface area contributed by atoms with Gasteiger partial charge in [-0.3, -0.25) is 0 Å². The van der Waals surface area contributed by atoms with Crippen molar-refractivity contribution < 1.29 is 5.11 Å². The van der Waals surface area contributed by atoms with Crippen LogP contribution in [0, 0.1) is 0 Å². The SMILES string of the molecule is NCC(N)C(N)O. The van der Waals surface area contributed by atoms with E-state index in [4.69, 9.17) is 22.3 Å². The van der Waals surface area contributed by atoms with Crippen molar-refractivity contribution in [3.8, 4) is 0 Å². The fourth-order valence-electron chi connectivity index (χ4n) is 0.139. The van der Waals surface area contributed by atoms with Crippen LogP contribution in [-0.4, -0.2) is 23.9 Å². The highest BCUT2D eigenvalue weighted by molar-refractivity contribution is 4.65. The monoisotopic (exact) mass is 105 g/mol. The summed E-state index contributed by atoms with van der Waals surface area (Å²) >= 11 is 0. The van der Waals surface area contributed by atoms with E-state index in [1.807, 2.05) is 0 Å². The predicted octanol–water partition coefficient (Wildman–Crippen LogP) is -2.45. The summed E-state index contributed by atoms with van der Waals surface area (Å²) in [7, 11) is 0. The second-order valence-corrected chi connectivity index (χ2v) is 1.39. The molecular weight excluding hydrogens is 94.1 g/mol. The highest BCUT2D eigenvalue weighted by atomic mass is 16.3. The molecule has 0 saturated heterocycles. The van der Waals surface area contributed by atoms with E-state index in [-0.39, 0.29) is 6.54 Å². The van der Waals surface area contributed by atoms with Gasteiger partial charge in [-0.1, -0.05) is 0 Å². The highest BCUT2D eigenvalue weighted by Crippen LogP contribution is 1.73. The van der Waals surface area contributed by atoms with E-state index in [0.29, 0.717) is 0 Å². The Balaban J connectivity index is 3.14. The van der Waals surface area contributed by atoms with Gasteiger partial charge in [-0.2, -0.15) is 0 Å². The average Bonchev–Trinajstić information content (AvgIpc) is 1.65. The summed E-state index contributed by atoms with van der Waals surface area (Å²) in [4.78, 5) is 0. The third-order valence-corrected chi connectivity index (χ3v) is 0.711. The summed E-state index contributed by atoms with van der Waals surface area (Å²) in [5.74, 6) is 0. The van der Waals surface area contributed by atoms with E-state index in [9.17, 15) is 0 Å². The second-order valence-electron chi connectivity index (χ2n) is 1.39. The van der Waals surface area contributed by atoms with Gasteiger partial charge in [0.05, 0.1) is 6.04 Å². The largest absolute Gasteiger partial charge is 0.377 e. The van der Waals surface area contributed by atoms with Gasteiger partial charge < -0.3 is 22.3 Å². The van der Waals surface area contributed by atoms with Crippen molar-refractivity contribution >= 4 is 0 Å². The number of hydrogen-bond acceptors (Lipinski definition) is 4. The zero-order chi connectivity index (χ0) is 5.86. The molecule has 0 aromatic rings. The maximum Gasteiger partial charge on any atom is 0.118 e. The molecule has 4 heteroatoms. The van der Waals surface area contributed by atoms with Gasteiger partial charge in [-0.05, 0) is 0 Å². The van der Waals surface area contributed by atoms with Crippen LogP contribution in [0.5, 0.6) is 0 Å². The number of hydrogen-bond donors (Lipinski definition) is 4. The first-order valence-electron chi connectivity index (χ1n) is 2.07. The van der Waals surface area contributed by atoms with Crippen molar-refractivity contribution in [2.45, 2.75) is 12.3 Å². The summed E-state index contributed by atoms with van der Waals surface area (Å²) in [6.45, 7) is 0.220. The molecule has 4 nitrogen and oxygen atoms in total. The number of rotatable bonds is 2. The minimum absolute atomic E-state index is 0.220. The average molecular weight is 105 g/mol. The van der Waals surface area contributed by atoms with Crippen LogP contribution < -0.4 is 17.2 Å². The van der Waals surface area contributed by atoms with Gasteiger partial charge in [-0.15, -0.1) is 0 Å². The topological polar surface area (TPSA) is 98.3 Å². The first-order valence-corrected chi connectivity index (χ1v) is 2.07. The van der Waals surface area contributed by atoms with Gasteiger partial charge in [0.1, 0.15) is 6.23 Å². The first-order chi connectivity index (χ1) is 3.18. The number of aliphatic hydroxyl groups excluding tert-OH is 1. The highest BCUT2D eigenvalue weighted by Gasteiger charge is 2.04. The van der Waals surface area contributed by atoms with Gasteiger partial charge >= 0.3 is 0 Å². The Bertz CT molecular complexity index is 47.4. The number of aliphatic hydroxyl groups is 1. The maximum absolute atomic E-state index is 8.39. The van der Waals surface area contributed by atoms with Gasteiger partial charge in [0.2, 0.25) is 0 Å². The van der Waals surface area contributed by atoms with E-state index in [0.717, 1.165) is 0 Å². The van der Waals surface area contributed by atoms with Gasteiger partial charge in [-0.25, -0.2) is 0 Å². The van der Waals surface area contributed by atoms with Crippen molar-refractivity contribution in [3.05, 3.63) is 0 Å². The minimum atomic E-state index is -0.981. The lowest BCUT2D eigenvalue weighted by Gasteiger charge is -2.09. The standard InChI is InChI=1S/C3H11N3O/c4-1-2(5)3(6)7/h2-3,7H,1,4-6H2. The van der Waals surface area contributed by atoms with Crippen LogP contribution in [0.3, 0.4) is 0 Å². The molecule has 0 fully saturated rings. The lowest BCUT2D eigenvalue weighted by molar-refractivity contribution is 0.154.